The molecule has 5 heteroatoms. The number of imidazole rings is 1. The van der Waals surface area contributed by atoms with E-state index < -0.39 is 0 Å². The third-order valence-corrected chi connectivity index (χ3v) is 3.79. The minimum atomic E-state index is -0.149. The van der Waals surface area contributed by atoms with E-state index in [2.05, 4.69) is 22.9 Å². The molecule has 0 amide bonds. The van der Waals surface area contributed by atoms with E-state index in [0.717, 1.165) is 29.7 Å². The van der Waals surface area contributed by atoms with Crippen LogP contribution in [0, 0.1) is 6.92 Å². The summed E-state index contributed by atoms with van der Waals surface area (Å²) >= 11 is 0. The SMILES string of the molecule is CCOC(=O)CN(Cc1cn2cccc(C)c2n1)C1CC1. The molecule has 2 aromatic rings. The molecule has 112 valence electrons. The lowest BCUT2D eigenvalue weighted by molar-refractivity contribution is -0.144. The number of ether oxygens (including phenoxy) is 1. The molecule has 0 radical (unpaired) electrons. The molecule has 0 unspecified atom stereocenters. The van der Waals surface area contributed by atoms with E-state index in [4.69, 9.17) is 4.74 Å². The maximum Gasteiger partial charge on any atom is 0.320 e. The van der Waals surface area contributed by atoms with Crippen LogP contribution in [0.2, 0.25) is 0 Å². The summed E-state index contributed by atoms with van der Waals surface area (Å²) in [6, 6.07) is 4.58. The minimum Gasteiger partial charge on any atom is -0.465 e. The molecule has 0 saturated heterocycles. The van der Waals surface area contributed by atoms with Crippen LogP contribution in [-0.2, 0) is 16.1 Å². The summed E-state index contributed by atoms with van der Waals surface area (Å²) in [6.07, 6.45) is 6.37. The Morgan fingerprint density at radius 2 is 2.33 bits per heavy atom. The van der Waals surface area contributed by atoms with E-state index in [1.54, 1.807) is 0 Å². The monoisotopic (exact) mass is 287 g/mol. The maximum absolute atomic E-state index is 11.7. The quantitative estimate of drug-likeness (QED) is 0.764. The van der Waals surface area contributed by atoms with Gasteiger partial charge in [-0.3, -0.25) is 9.69 Å². The fourth-order valence-corrected chi connectivity index (χ4v) is 2.61. The van der Waals surface area contributed by atoms with Crippen molar-refractivity contribution in [3.63, 3.8) is 0 Å². The van der Waals surface area contributed by atoms with Crippen LogP contribution in [0.4, 0.5) is 0 Å². The van der Waals surface area contributed by atoms with E-state index in [1.807, 2.05) is 29.8 Å². The molecule has 0 aliphatic heterocycles. The van der Waals surface area contributed by atoms with Crippen molar-refractivity contribution in [2.24, 2.45) is 0 Å². The molecule has 1 fully saturated rings. The fourth-order valence-electron chi connectivity index (χ4n) is 2.61. The normalized spacial score (nSPS) is 14.8. The molecule has 2 aromatic heterocycles. The van der Waals surface area contributed by atoms with Crippen molar-refractivity contribution in [1.82, 2.24) is 14.3 Å². The second-order valence-electron chi connectivity index (χ2n) is 5.60. The predicted molar refractivity (Wildman–Crippen MR) is 80.0 cm³/mol. The van der Waals surface area contributed by atoms with Gasteiger partial charge in [0.2, 0.25) is 0 Å². The smallest absolute Gasteiger partial charge is 0.320 e. The minimum absolute atomic E-state index is 0.149. The van der Waals surface area contributed by atoms with Gasteiger partial charge in [0.15, 0.2) is 0 Å². The van der Waals surface area contributed by atoms with Crippen LogP contribution in [0.15, 0.2) is 24.5 Å². The molecule has 5 nitrogen and oxygen atoms in total. The summed E-state index contributed by atoms with van der Waals surface area (Å²) in [4.78, 5) is 18.6. The van der Waals surface area contributed by atoms with Gasteiger partial charge in [-0.25, -0.2) is 4.98 Å². The number of fused-ring (bicyclic) bond motifs is 1. The Balaban J connectivity index is 1.75. The maximum atomic E-state index is 11.7. The summed E-state index contributed by atoms with van der Waals surface area (Å²) in [7, 11) is 0. The highest BCUT2D eigenvalue weighted by Gasteiger charge is 2.31. The van der Waals surface area contributed by atoms with Gasteiger partial charge in [-0.15, -0.1) is 0 Å². The van der Waals surface area contributed by atoms with Crippen molar-refractivity contribution < 1.29 is 9.53 Å². The van der Waals surface area contributed by atoms with Crippen LogP contribution in [-0.4, -0.2) is 39.4 Å². The van der Waals surface area contributed by atoms with E-state index in [0.29, 0.717) is 25.7 Å². The van der Waals surface area contributed by atoms with Crippen molar-refractivity contribution in [2.45, 2.75) is 39.3 Å². The van der Waals surface area contributed by atoms with Crippen LogP contribution >= 0.6 is 0 Å². The molecule has 21 heavy (non-hydrogen) atoms. The zero-order chi connectivity index (χ0) is 14.8. The summed E-state index contributed by atoms with van der Waals surface area (Å²) in [5.41, 5.74) is 3.15. The Labute approximate surface area is 124 Å². The average molecular weight is 287 g/mol. The summed E-state index contributed by atoms with van der Waals surface area (Å²) < 4.78 is 7.10. The van der Waals surface area contributed by atoms with Gasteiger partial charge in [0.1, 0.15) is 5.65 Å². The first kappa shape index (κ1) is 14.1. The first-order valence-corrected chi connectivity index (χ1v) is 7.50. The number of hydrogen-bond donors (Lipinski definition) is 0. The number of aryl methyl sites for hydroxylation is 1. The molecule has 0 spiro atoms. The van der Waals surface area contributed by atoms with Crippen molar-refractivity contribution in [1.29, 1.82) is 0 Å². The van der Waals surface area contributed by atoms with Gasteiger partial charge in [-0.05, 0) is 38.3 Å². The Bertz CT molecular complexity index is 646. The van der Waals surface area contributed by atoms with Gasteiger partial charge < -0.3 is 9.14 Å². The number of pyridine rings is 1. The molecule has 0 N–H and O–H groups in total. The van der Waals surface area contributed by atoms with Gasteiger partial charge in [0.25, 0.3) is 0 Å². The van der Waals surface area contributed by atoms with E-state index in [9.17, 15) is 4.79 Å². The van der Waals surface area contributed by atoms with Crippen molar-refractivity contribution in [2.75, 3.05) is 13.2 Å². The molecule has 1 aliphatic rings. The summed E-state index contributed by atoms with van der Waals surface area (Å²) in [5, 5.41) is 0. The highest BCUT2D eigenvalue weighted by molar-refractivity contribution is 5.71. The summed E-state index contributed by atoms with van der Waals surface area (Å²) in [5.74, 6) is -0.149. The molecule has 3 rings (SSSR count). The first-order chi connectivity index (χ1) is 10.2. The summed E-state index contributed by atoms with van der Waals surface area (Å²) in [6.45, 7) is 5.38. The van der Waals surface area contributed by atoms with Crippen LogP contribution in [0.1, 0.15) is 31.0 Å². The number of esters is 1. The third-order valence-electron chi connectivity index (χ3n) is 3.79. The molecule has 0 aromatic carbocycles. The number of carbonyl (C=O) groups excluding carboxylic acids is 1. The molecule has 0 bridgehead atoms. The van der Waals surface area contributed by atoms with E-state index in [1.165, 1.54) is 0 Å². The van der Waals surface area contributed by atoms with Gasteiger partial charge in [0.05, 0.1) is 18.8 Å². The number of rotatable bonds is 6. The highest BCUT2D eigenvalue weighted by atomic mass is 16.5. The lowest BCUT2D eigenvalue weighted by Crippen LogP contribution is -2.32. The standard InChI is InChI=1S/C16H21N3O2/c1-3-21-15(20)11-19(14-6-7-14)10-13-9-18-8-4-5-12(2)16(18)17-13/h4-5,8-9,14H,3,6-7,10-11H2,1-2H3. The first-order valence-electron chi connectivity index (χ1n) is 7.50. The zero-order valence-electron chi connectivity index (χ0n) is 12.6. The van der Waals surface area contributed by atoms with Gasteiger partial charge in [-0.1, -0.05) is 6.07 Å². The number of nitrogens with zero attached hydrogens (tertiary/aromatic N) is 3. The average Bonchev–Trinajstić information content (AvgIpc) is 3.20. The van der Waals surface area contributed by atoms with Crippen LogP contribution in [0.3, 0.4) is 0 Å². The zero-order valence-corrected chi connectivity index (χ0v) is 12.6. The molecular formula is C16H21N3O2. The Hall–Kier alpha value is -1.88. The number of aromatic nitrogens is 2. The second kappa shape index (κ2) is 5.85. The van der Waals surface area contributed by atoms with Crippen molar-refractivity contribution in [3.05, 3.63) is 35.8 Å². The molecule has 0 atom stereocenters. The van der Waals surface area contributed by atoms with Gasteiger partial charge >= 0.3 is 5.97 Å². The largest absolute Gasteiger partial charge is 0.465 e. The Morgan fingerprint density at radius 1 is 1.52 bits per heavy atom. The van der Waals surface area contributed by atoms with Crippen molar-refractivity contribution in [3.8, 4) is 0 Å². The van der Waals surface area contributed by atoms with E-state index >= 15 is 0 Å². The number of hydrogen-bond acceptors (Lipinski definition) is 4. The molecular weight excluding hydrogens is 266 g/mol. The van der Waals surface area contributed by atoms with Gasteiger partial charge in [0, 0.05) is 25.0 Å². The molecule has 1 saturated carbocycles. The van der Waals surface area contributed by atoms with E-state index in [-0.39, 0.29) is 5.97 Å². The third kappa shape index (κ3) is 3.24. The van der Waals surface area contributed by atoms with Crippen LogP contribution in [0.5, 0.6) is 0 Å². The van der Waals surface area contributed by atoms with Crippen LogP contribution < -0.4 is 0 Å². The second-order valence-corrected chi connectivity index (χ2v) is 5.60. The topological polar surface area (TPSA) is 46.8 Å². The Morgan fingerprint density at radius 3 is 3.00 bits per heavy atom. The fraction of sp³-hybridized carbons (Fsp3) is 0.500. The lowest BCUT2D eigenvalue weighted by atomic mass is 10.3. The Kier molecular flexibility index (Phi) is 3.92. The predicted octanol–water partition coefficient (Wildman–Crippen LogP) is 2.17. The number of carbonyl (C=O) groups is 1. The van der Waals surface area contributed by atoms with Crippen LogP contribution in [0.25, 0.3) is 5.65 Å². The molecule has 1 aliphatic carbocycles. The highest BCUT2D eigenvalue weighted by Crippen LogP contribution is 2.28. The van der Waals surface area contributed by atoms with Crippen molar-refractivity contribution >= 4 is 11.6 Å². The molecule has 2 heterocycles. The lowest BCUT2D eigenvalue weighted by Gasteiger charge is -2.19. The van der Waals surface area contributed by atoms with Gasteiger partial charge in [-0.2, -0.15) is 0 Å².